The summed E-state index contributed by atoms with van der Waals surface area (Å²) >= 11 is 0. The fraction of sp³-hybridized carbons (Fsp3) is 0.533. The maximum absolute atomic E-state index is 11.7. The summed E-state index contributed by atoms with van der Waals surface area (Å²) in [6, 6.07) is 3.93. The highest BCUT2D eigenvalue weighted by Crippen LogP contribution is 2.23. The van der Waals surface area contributed by atoms with Crippen LogP contribution in [0.1, 0.15) is 25.8 Å². The Hall–Kier alpha value is -2.11. The van der Waals surface area contributed by atoms with E-state index in [-0.39, 0.29) is 18.0 Å². The minimum atomic E-state index is -0.266. The Balaban J connectivity index is 0.000000774. The Bertz CT molecular complexity index is 509. The van der Waals surface area contributed by atoms with Crippen molar-refractivity contribution in [3.63, 3.8) is 0 Å². The molecular formula is C15H22N4O2. The highest BCUT2D eigenvalue weighted by molar-refractivity contribution is 5.96. The molecule has 2 aliphatic heterocycles. The van der Waals surface area contributed by atoms with Gasteiger partial charge in [-0.05, 0) is 18.6 Å². The highest BCUT2D eigenvalue weighted by Gasteiger charge is 2.37. The summed E-state index contributed by atoms with van der Waals surface area (Å²) < 4.78 is 0. The van der Waals surface area contributed by atoms with Gasteiger partial charge in [0.05, 0.1) is 6.04 Å². The smallest absolute Gasteiger partial charge is 0.324 e. The van der Waals surface area contributed by atoms with Crippen LogP contribution in [0.3, 0.4) is 0 Å². The van der Waals surface area contributed by atoms with Crippen molar-refractivity contribution >= 4 is 17.8 Å². The summed E-state index contributed by atoms with van der Waals surface area (Å²) in [5.41, 5.74) is 1.13. The van der Waals surface area contributed by atoms with Gasteiger partial charge in [-0.2, -0.15) is 0 Å². The van der Waals surface area contributed by atoms with E-state index >= 15 is 0 Å². The first-order valence-corrected chi connectivity index (χ1v) is 7.41. The van der Waals surface area contributed by atoms with Gasteiger partial charge in [-0.25, -0.2) is 9.78 Å². The zero-order chi connectivity index (χ0) is 15.4. The van der Waals surface area contributed by atoms with Crippen LogP contribution in [0, 0.1) is 6.92 Å². The van der Waals surface area contributed by atoms with Crippen LogP contribution >= 0.6 is 0 Å². The van der Waals surface area contributed by atoms with Gasteiger partial charge in [0.1, 0.15) is 5.82 Å². The van der Waals surface area contributed by atoms with Crippen LogP contribution in [0.25, 0.3) is 0 Å². The fourth-order valence-electron chi connectivity index (χ4n) is 2.41. The number of carbonyl (C=O) groups is 2. The summed E-state index contributed by atoms with van der Waals surface area (Å²) in [7, 11) is 0. The van der Waals surface area contributed by atoms with Crippen LogP contribution < -0.4 is 10.2 Å². The van der Waals surface area contributed by atoms with Crippen molar-refractivity contribution in [1.82, 2.24) is 15.2 Å². The third-order valence-electron chi connectivity index (χ3n) is 3.61. The molecule has 0 saturated carbocycles. The van der Waals surface area contributed by atoms with Gasteiger partial charge in [0, 0.05) is 32.3 Å². The van der Waals surface area contributed by atoms with E-state index < -0.39 is 0 Å². The van der Waals surface area contributed by atoms with Crippen LogP contribution in [0.15, 0.2) is 18.3 Å². The molecule has 0 bridgehead atoms. The largest absolute Gasteiger partial charge is 0.352 e. The van der Waals surface area contributed by atoms with Crippen molar-refractivity contribution in [3.8, 4) is 0 Å². The van der Waals surface area contributed by atoms with Crippen LogP contribution in [-0.2, 0) is 4.79 Å². The minimum absolute atomic E-state index is 0.177. The van der Waals surface area contributed by atoms with E-state index in [1.54, 1.807) is 4.90 Å². The molecule has 3 rings (SSSR count). The van der Waals surface area contributed by atoms with Crippen molar-refractivity contribution in [1.29, 1.82) is 0 Å². The zero-order valence-corrected chi connectivity index (χ0v) is 12.8. The number of amides is 3. The van der Waals surface area contributed by atoms with Crippen LogP contribution in [0.4, 0.5) is 10.6 Å². The van der Waals surface area contributed by atoms with Crippen LogP contribution in [0.2, 0.25) is 0 Å². The number of pyridine rings is 1. The van der Waals surface area contributed by atoms with Crippen molar-refractivity contribution < 1.29 is 9.59 Å². The Morgan fingerprint density at radius 1 is 1.24 bits per heavy atom. The summed E-state index contributed by atoms with van der Waals surface area (Å²) in [6.45, 7) is 8.07. The predicted molar refractivity (Wildman–Crippen MR) is 81.2 cm³/mol. The number of urea groups is 1. The van der Waals surface area contributed by atoms with Gasteiger partial charge >= 0.3 is 6.03 Å². The molecule has 2 aliphatic rings. The molecule has 0 unspecified atom stereocenters. The van der Waals surface area contributed by atoms with Gasteiger partial charge in [-0.15, -0.1) is 0 Å². The number of anilines is 1. The first-order valence-electron chi connectivity index (χ1n) is 7.41. The third kappa shape index (κ3) is 3.32. The molecular weight excluding hydrogens is 268 g/mol. The fourth-order valence-corrected chi connectivity index (χ4v) is 2.41. The molecule has 0 aliphatic carbocycles. The number of hydrogen-bond donors (Lipinski definition) is 1. The third-order valence-corrected chi connectivity index (χ3v) is 3.61. The zero-order valence-electron chi connectivity index (χ0n) is 12.8. The molecule has 0 radical (unpaired) electrons. The Morgan fingerprint density at radius 3 is 2.52 bits per heavy atom. The maximum atomic E-state index is 11.7. The number of aryl methyl sites for hydroxylation is 1. The normalized spacial score (nSPS) is 18.6. The van der Waals surface area contributed by atoms with Gasteiger partial charge in [0.25, 0.3) is 0 Å². The molecule has 6 heteroatoms. The van der Waals surface area contributed by atoms with E-state index in [0.29, 0.717) is 13.0 Å². The molecule has 0 aromatic carbocycles. The second kappa shape index (κ2) is 6.56. The Kier molecular flexibility index (Phi) is 4.77. The first-order chi connectivity index (χ1) is 10.1. The van der Waals surface area contributed by atoms with E-state index in [1.165, 1.54) is 0 Å². The number of nitrogens with one attached hydrogen (secondary N) is 1. The lowest BCUT2D eigenvalue weighted by Crippen LogP contribution is -2.65. The van der Waals surface area contributed by atoms with Gasteiger partial charge < -0.3 is 9.80 Å². The van der Waals surface area contributed by atoms with E-state index in [4.69, 9.17) is 0 Å². The number of aromatic nitrogens is 1. The minimum Gasteiger partial charge on any atom is -0.352 e. The lowest BCUT2D eigenvalue weighted by Gasteiger charge is -2.46. The standard InChI is InChI=1S/C13H16N4O2.C2H6/c1-9-2-3-11(14-6-9)16-7-10(8-16)17-5-4-12(18)15-13(17)19;1-2/h2-3,6,10H,4-5,7-8H2,1H3,(H,15,18,19);1-2H3. The second-order valence-corrected chi connectivity index (χ2v) is 5.05. The SMILES string of the molecule is CC.Cc1ccc(N2CC(N3CCC(=O)NC3=O)C2)nc1. The van der Waals surface area contributed by atoms with Gasteiger partial charge in [-0.3, -0.25) is 10.1 Å². The molecule has 1 aromatic heterocycles. The van der Waals surface area contributed by atoms with E-state index in [9.17, 15) is 9.59 Å². The molecule has 3 amide bonds. The average molecular weight is 290 g/mol. The maximum Gasteiger partial charge on any atom is 0.324 e. The predicted octanol–water partition coefficient (Wildman–Crippen LogP) is 1.55. The summed E-state index contributed by atoms with van der Waals surface area (Å²) in [5, 5.41) is 2.35. The molecule has 1 N–H and O–H groups in total. The topological polar surface area (TPSA) is 65.5 Å². The van der Waals surface area contributed by atoms with Crippen molar-refractivity contribution in [2.75, 3.05) is 24.5 Å². The van der Waals surface area contributed by atoms with Gasteiger partial charge in [0.15, 0.2) is 0 Å². The van der Waals surface area contributed by atoms with Crippen molar-refractivity contribution in [2.24, 2.45) is 0 Å². The summed E-state index contributed by atoms with van der Waals surface area (Å²) in [4.78, 5) is 31.0. The number of nitrogens with zero attached hydrogens (tertiary/aromatic N) is 3. The Labute approximate surface area is 125 Å². The molecule has 21 heavy (non-hydrogen) atoms. The number of rotatable bonds is 2. The van der Waals surface area contributed by atoms with Gasteiger partial charge in [0.2, 0.25) is 5.91 Å². The molecule has 0 spiro atoms. The molecule has 6 nitrogen and oxygen atoms in total. The van der Waals surface area contributed by atoms with E-state index in [0.717, 1.165) is 24.5 Å². The molecule has 1 aromatic rings. The summed E-state index contributed by atoms with van der Waals surface area (Å²) in [6.07, 6.45) is 2.24. The quantitative estimate of drug-likeness (QED) is 0.897. The summed E-state index contributed by atoms with van der Waals surface area (Å²) in [5.74, 6) is 0.757. The molecule has 114 valence electrons. The van der Waals surface area contributed by atoms with Crippen LogP contribution in [0.5, 0.6) is 0 Å². The van der Waals surface area contributed by atoms with Crippen molar-refractivity contribution in [2.45, 2.75) is 33.2 Å². The number of imide groups is 1. The number of carbonyl (C=O) groups excluding carboxylic acids is 2. The first kappa shape index (κ1) is 15.3. The lowest BCUT2D eigenvalue weighted by molar-refractivity contribution is -0.121. The average Bonchev–Trinajstić information content (AvgIpc) is 2.44. The highest BCUT2D eigenvalue weighted by atomic mass is 16.2. The molecule has 2 saturated heterocycles. The number of hydrogen-bond acceptors (Lipinski definition) is 4. The molecule has 2 fully saturated rings. The van der Waals surface area contributed by atoms with Crippen molar-refractivity contribution in [3.05, 3.63) is 23.9 Å². The molecule has 0 atom stereocenters. The van der Waals surface area contributed by atoms with Crippen LogP contribution in [-0.4, -0.2) is 47.5 Å². The monoisotopic (exact) mass is 290 g/mol. The second-order valence-electron chi connectivity index (χ2n) is 5.05. The van der Waals surface area contributed by atoms with Gasteiger partial charge in [-0.1, -0.05) is 19.9 Å². The Morgan fingerprint density at radius 2 is 1.95 bits per heavy atom. The lowest BCUT2D eigenvalue weighted by atomic mass is 10.1. The van der Waals surface area contributed by atoms with E-state index in [1.807, 2.05) is 39.1 Å². The molecule has 3 heterocycles. The van der Waals surface area contributed by atoms with E-state index in [2.05, 4.69) is 15.2 Å².